The zero-order valence-electron chi connectivity index (χ0n) is 13.4. The molecule has 0 radical (unpaired) electrons. The van der Waals surface area contributed by atoms with Gasteiger partial charge >= 0.3 is 0 Å². The first kappa shape index (κ1) is 14.3. The van der Waals surface area contributed by atoms with Crippen LogP contribution in [0.3, 0.4) is 0 Å². The van der Waals surface area contributed by atoms with Crippen LogP contribution in [-0.2, 0) is 6.54 Å². The van der Waals surface area contributed by atoms with Gasteiger partial charge in [0.25, 0.3) is 0 Å². The molecular weight excluding hydrogens is 276 g/mol. The molecule has 4 nitrogen and oxygen atoms in total. The Labute approximate surface area is 133 Å². The lowest BCUT2D eigenvalue weighted by Crippen LogP contribution is -3.29. The van der Waals surface area contributed by atoms with Gasteiger partial charge < -0.3 is 19.3 Å². The maximum absolute atomic E-state index is 5.49. The van der Waals surface area contributed by atoms with Gasteiger partial charge in [0.15, 0.2) is 11.5 Å². The van der Waals surface area contributed by atoms with E-state index in [0.29, 0.717) is 6.79 Å². The van der Waals surface area contributed by atoms with Gasteiger partial charge in [-0.3, -0.25) is 0 Å². The Bertz CT molecular complexity index is 506. The van der Waals surface area contributed by atoms with E-state index in [9.17, 15) is 0 Å². The summed E-state index contributed by atoms with van der Waals surface area (Å²) in [5.41, 5.74) is 1.38. The van der Waals surface area contributed by atoms with Crippen LogP contribution >= 0.6 is 0 Å². The first-order chi connectivity index (χ1) is 10.9. The smallest absolute Gasteiger partial charge is 0.231 e. The fourth-order valence-electron chi connectivity index (χ4n) is 4.36. The zero-order valence-corrected chi connectivity index (χ0v) is 13.4. The molecule has 120 valence electrons. The molecule has 2 N–H and O–H groups in total. The van der Waals surface area contributed by atoms with E-state index >= 15 is 0 Å². The highest BCUT2D eigenvalue weighted by molar-refractivity contribution is 5.44. The third-order valence-corrected chi connectivity index (χ3v) is 5.67. The minimum atomic E-state index is 0.370. The summed E-state index contributed by atoms with van der Waals surface area (Å²) in [6.45, 7) is 6.80. The van der Waals surface area contributed by atoms with Crippen molar-refractivity contribution in [3.63, 3.8) is 0 Å². The molecule has 4 heteroatoms. The van der Waals surface area contributed by atoms with Crippen LogP contribution in [0.5, 0.6) is 11.5 Å². The van der Waals surface area contributed by atoms with E-state index in [1.807, 2.05) is 4.90 Å². The van der Waals surface area contributed by atoms with E-state index in [1.54, 1.807) is 4.90 Å². The molecule has 1 saturated heterocycles. The van der Waals surface area contributed by atoms with Crippen LogP contribution in [0, 0.1) is 0 Å². The quantitative estimate of drug-likeness (QED) is 0.825. The van der Waals surface area contributed by atoms with Gasteiger partial charge in [0.05, 0.1) is 6.04 Å². The fraction of sp³-hybridized carbons (Fsp3) is 0.667. The normalized spacial score (nSPS) is 28.7. The molecule has 2 fully saturated rings. The number of piperazine rings is 1. The third-order valence-electron chi connectivity index (χ3n) is 5.67. The summed E-state index contributed by atoms with van der Waals surface area (Å²) in [5, 5.41) is 0. The molecule has 0 spiro atoms. The van der Waals surface area contributed by atoms with Gasteiger partial charge in [-0.1, -0.05) is 6.42 Å². The van der Waals surface area contributed by atoms with Crippen molar-refractivity contribution in [1.29, 1.82) is 0 Å². The summed E-state index contributed by atoms with van der Waals surface area (Å²) in [6, 6.07) is 7.37. The molecular formula is C18H28N2O2+2. The average molecular weight is 304 g/mol. The molecule has 1 aromatic rings. The zero-order chi connectivity index (χ0) is 14.8. The molecule has 1 saturated carbocycles. The van der Waals surface area contributed by atoms with Crippen molar-refractivity contribution in [1.82, 2.24) is 0 Å². The molecule has 1 aliphatic carbocycles. The number of ether oxygens (including phenoxy) is 2. The van der Waals surface area contributed by atoms with E-state index in [-0.39, 0.29) is 0 Å². The summed E-state index contributed by atoms with van der Waals surface area (Å²) >= 11 is 0. The van der Waals surface area contributed by atoms with Gasteiger partial charge in [-0.05, 0) is 43.9 Å². The lowest BCUT2D eigenvalue weighted by atomic mass is 9.94. The number of hydrogen-bond acceptors (Lipinski definition) is 2. The first-order valence-corrected chi connectivity index (χ1v) is 8.95. The maximum Gasteiger partial charge on any atom is 0.231 e. The Hall–Kier alpha value is -1.26. The van der Waals surface area contributed by atoms with E-state index in [1.165, 1.54) is 63.8 Å². The van der Waals surface area contributed by atoms with Crippen LogP contribution in [-0.4, -0.2) is 39.0 Å². The van der Waals surface area contributed by atoms with Crippen molar-refractivity contribution < 1.29 is 19.3 Å². The Morgan fingerprint density at radius 2 is 1.68 bits per heavy atom. The van der Waals surface area contributed by atoms with Crippen LogP contribution in [0.1, 0.15) is 37.7 Å². The van der Waals surface area contributed by atoms with E-state index < -0.39 is 0 Å². The van der Waals surface area contributed by atoms with Crippen LogP contribution in [0.15, 0.2) is 18.2 Å². The van der Waals surface area contributed by atoms with Crippen molar-refractivity contribution in [2.45, 2.75) is 44.7 Å². The topological polar surface area (TPSA) is 27.3 Å². The SMILES string of the molecule is c1cc2c(cc1C[NH+]1CC[NH+](C3CCCCC3)CC1)OCO2. The molecule has 1 aromatic carbocycles. The molecule has 2 heterocycles. The first-order valence-electron chi connectivity index (χ1n) is 8.95. The highest BCUT2D eigenvalue weighted by Gasteiger charge is 2.30. The summed E-state index contributed by atoms with van der Waals surface area (Å²) in [5.74, 6) is 1.81. The number of nitrogens with one attached hydrogen (secondary N) is 2. The number of quaternary nitrogens is 2. The van der Waals surface area contributed by atoms with Gasteiger partial charge in [0.1, 0.15) is 32.7 Å². The minimum absolute atomic E-state index is 0.370. The number of benzene rings is 1. The molecule has 0 amide bonds. The lowest BCUT2D eigenvalue weighted by Gasteiger charge is -2.36. The molecule has 2 aliphatic heterocycles. The van der Waals surface area contributed by atoms with E-state index in [0.717, 1.165) is 24.1 Å². The van der Waals surface area contributed by atoms with Crippen molar-refractivity contribution in [3.05, 3.63) is 23.8 Å². The average Bonchev–Trinajstić information content (AvgIpc) is 3.04. The second-order valence-electron chi connectivity index (χ2n) is 7.11. The Kier molecular flexibility index (Phi) is 4.22. The van der Waals surface area contributed by atoms with Gasteiger partial charge in [-0.15, -0.1) is 0 Å². The van der Waals surface area contributed by atoms with Crippen molar-refractivity contribution in [2.24, 2.45) is 0 Å². The van der Waals surface area contributed by atoms with Crippen molar-refractivity contribution in [2.75, 3.05) is 33.0 Å². The van der Waals surface area contributed by atoms with Gasteiger partial charge in [-0.2, -0.15) is 0 Å². The van der Waals surface area contributed by atoms with E-state index in [4.69, 9.17) is 9.47 Å². The molecule has 0 unspecified atom stereocenters. The predicted molar refractivity (Wildman–Crippen MR) is 84.5 cm³/mol. The molecule has 3 aliphatic rings. The number of hydrogen-bond donors (Lipinski definition) is 2. The third kappa shape index (κ3) is 3.08. The largest absolute Gasteiger partial charge is 0.454 e. The Morgan fingerprint density at radius 1 is 0.909 bits per heavy atom. The summed E-state index contributed by atoms with van der Waals surface area (Å²) < 4.78 is 10.9. The Balaban J connectivity index is 1.30. The van der Waals surface area contributed by atoms with Gasteiger partial charge in [0.2, 0.25) is 6.79 Å². The molecule has 0 bridgehead atoms. The number of rotatable bonds is 3. The van der Waals surface area contributed by atoms with Crippen molar-refractivity contribution in [3.8, 4) is 11.5 Å². The predicted octanol–water partition coefficient (Wildman–Crippen LogP) is 0.0314. The molecule has 0 atom stereocenters. The van der Waals surface area contributed by atoms with Crippen molar-refractivity contribution >= 4 is 0 Å². The number of fused-ring (bicyclic) bond motifs is 1. The monoisotopic (exact) mass is 304 g/mol. The highest BCUT2D eigenvalue weighted by Crippen LogP contribution is 2.32. The second-order valence-corrected chi connectivity index (χ2v) is 7.11. The molecule has 4 rings (SSSR count). The van der Waals surface area contributed by atoms with Gasteiger partial charge in [0, 0.05) is 5.56 Å². The lowest BCUT2D eigenvalue weighted by molar-refractivity contribution is -1.03. The highest BCUT2D eigenvalue weighted by atomic mass is 16.7. The maximum atomic E-state index is 5.49. The van der Waals surface area contributed by atoms with Crippen LogP contribution < -0.4 is 19.3 Å². The second kappa shape index (κ2) is 6.47. The van der Waals surface area contributed by atoms with Gasteiger partial charge in [-0.25, -0.2) is 0 Å². The molecule has 22 heavy (non-hydrogen) atoms. The standard InChI is InChI=1S/C18H26N2O2/c1-2-4-16(5-3-1)20-10-8-19(9-11-20)13-15-6-7-17-18(12-15)22-14-21-17/h6-7,12,16H,1-5,8-11,13-14H2/p+2. The Morgan fingerprint density at radius 3 is 2.50 bits per heavy atom. The van der Waals surface area contributed by atoms with Crippen LogP contribution in [0.25, 0.3) is 0 Å². The summed E-state index contributed by atoms with van der Waals surface area (Å²) in [6.07, 6.45) is 7.31. The minimum Gasteiger partial charge on any atom is -0.454 e. The van der Waals surface area contributed by atoms with Crippen LogP contribution in [0.2, 0.25) is 0 Å². The van der Waals surface area contributed by atoms with Crippen LogP contribution in [0.4, 0.5) is 0 Å². The molecule has 0 aromatic heterocycles. The summed E-state index contributed by atoms with van der Waals surface area (Å²) in [4.78, 5) is 3.60. The summed E-state index contributed by atoms with van der Waals surface area (Å²) in [7, 11) is 0. The van der Waals surface area contributed by atoms with E-state index in [2.05, 4.69) is 18.2 Å². The fourth-order valence-corrected chi connectivity index (χ4v) is 4.36.